The predicted molar refractivity (Wildman–Crippen MR) is 83.1 cm³/mol. The first kappa shape index (κ1) is 15.3. The number of aromatic nitrogens is 2. The third kappa shape index (κ3) is 3.52. The Morgan fingerprint density at radius 3 is 2.90 bits per heavy atom. The number of nitrogens with two attached hydrogens (primary N) is 1. The lowest BCUT2D eigenvalue weighted by molar-refractivity contribution is 0.0803. The Kier molecular flexibility index (Phi) is 4.80. The van der Waals surface area contributed by atoms with Crippen LogP contribution in [-0.2, 0) is 4.74 Å². The average molecular weight is 290 g/mol. The Morgan fingerprint density at radius 1 is 1.48 bits per heavy atom. The van der Waals surface area contributed by atoms with Gasteiger partial charge in [-0.05, 0) is 31.0 Å². The summed E-state index contributed by atoms with van der Waals surface area (Å²) in [4.78, 5) is 12.4. The quantitative estimate of drug-likeness (QED) is 0.709. The second kappa shape index (κ2) is 6.58. The van der Waals surface area contributed by atoms with Crippen molar-refractivity contribution in [1.82, 2.24) is 15.5 Å². The van der Waals surface area contributed by atoms with Crippen LogP contribution in [0.2, 0.25) is 0 Å². The molecular weight excluding hydrogens is 268 g/mol. The molecule has 4 N–H and O–H groups in total. The SMILES string of the molecule is CCOCC(NC(=O)c1n[nH]c2ccc(N)cc12)C(C)C. The summed E-state index contributed by atoms with van der Waals surface area (Å²) in [6.07, 6.45) is 0. The lowest BCUT2D eigenvalue weighted by Gasteiger charge is -2.21. The van der Waals surface area contributed by atoms with E-state index in [-0.39, 0.29) is 17.9 Å². The van der Waals surface area contributed by atoms with E-state index in [0.717, 1.165) is 10.9 Å². The van der Waals surface area contributed by atoms with Gasteiger partial charge in [0.15, 0.2) is 5.69 Å². The molecule has 2 rings (SSSR count). The molecule has 114 valence electrons. The Labute approximate surface area is 124 Å². The largest absolute Gasteiger partial charge is 0.399 e. The number of anilines is 1. The van der Waals surface area contributed by atoms with E-state index in [1.807, 2.05) is 26.8 Å². The lowest BCUT2D eigenvalue weighted by Crippen LogP contribution is -2.42. The van der Waals surface area contributed by atoms with Gasteiger partial charge in [-0.15, -0.1) is 0 Å². The maximum atomic E-state index is 12.4. The molecule has 1 amide bonds. The number of hydrogen-bond donors (Lipinski definition) is 3. The number of benzene rings is 1. The molecule has 21 heavy (non-hydrogen) atoms. The number of ether oxygens (including phenoxy) is 1. The van der Waals surface area contributed by atoms with Gasteiger partial charge in [-0.1, -0.05) is 13.8 Å². The molecule has 1 heterocycles. The molecule has 6 heteroatoms. The maximum absolute atomic E-state index is 12.4. The standard InChI is InChI=1S/C15H22N4O2/c1-4-21-8-13(9(2)3)17-15(20)14-11-7-10(16)5-6-12(11)18-19-14/h5-7,9,13H,4,8,16H2,1-3H3,(H,17,20)(H,18,19). The molecule has 0 aliphatic heterocycles. The monoisotopic (exact) mass is 290 g/mol. The number of carbonyl (C=O) groups excluding carboxylic acids is 1. The van der Waals surface area contributed by atoms with Gasteiger partial charge >= 0.3 is 0 Å². The summed E-state index contributed by atoms with van der Waals surface area (Å²) in [5.74, 6) is 0.0565. The topological polar surface area (TPSA) is 93.0 Å². The Morgan fingerprint density at radius 2 is 2.24 bits per heavy atom. The van der Waals surface area contributed by atoms with E-state index >= 15 is 0 Å². The van der Waals surface area contributed by atoms with Crippen molar-refractivity contribution in [1.29, 1.82) is 0 Å². The summed E-state index contributed by atoms with van der Waals surface area (Å²) in [6.45, 7) is 7.14. The predicted octanol–water partition coefficient (Wildman–Crippen LogP) is 1.94. The fourth-order valence-corrected chi connectivity index (χ4v) is 2.09. The molecule has 1 unspecified atom stereocenters. The van der Waals surface area contributed by atoms with Crippen molar-refractivity contribution >= 4 is 22.5 Å². The van der Waals surface area contributed by atoms with E-state index < -0.39 is 0 Å². The van der Waals surface area contributed by atoms with E-state index in [4.69, 9.17) is 10.5 Å². The molecule has 0 aliphatic rings. The Hall–Kier alpha value is -2.08. The zero-order chi connectivity index (χ0) is 15.4. The molecule has 6 nitrogen and oxygen atoms in total. The van der Waals surface area contributed by atoms with Crippen molar-refractivity contribution in [2.45, 2.75) is 26.8 Å². The smallest absolute Gasteiger partial charge is 0.272 e. The van der Waals surface area contributed by atoms with Crippen LogP contribution in [0.5, 0.6) is 0 Å². The van der Waals surface area contributed by atoms with Crippen molar-refractivity contribution in [3.63, 3.8) is 0 Å². The van der Waals surface area contributed by atoms with Crippen LogP contribution in [0.15, 0.2) is 18.2 Å². The summed E-state index contributed by atoms with van der Waals surface area (Å²) in [5.41, 5.74) is 7.53. The van der Waals surface area contributed by atoms with Gasteiger partial charge in [0.2, 0.25) is 0 Å². The van der Waals surface area contributed by atoms with Gasteiger partial charge in [0.05, 0.1) is 18.2 Å². The first-order valence-electron chi connectivity index (χ1n) is 7.15. The van der Waals surface area contributed by atoms with E-state index in [1.165, 1.54) is 0 Å². The number of fused-ring (bicyclic) bond motifs is 1. The van der Waals surface area contributed by atoms with Crippen LogP contribution in [0.25, 0.3) is 10.9 Å². The van der Waals surface area contributed by atoms with Crippen molar-refractivity contribution < 1.29 is 9.53 Å². The van der Waals surface area contributed by atoms with Gasteiger partial charge in [0.1, 0.15) is 0 Å². The number of amides is 1. The molecule has 0 fully saturated rings. The minimum atomic E-state index is -0.217. The van der Waals surface area contributed by atoms with Crippen molar-refractivity contribution in [3.8, 4) is 0 Å². The number of aromatic amines is 1. The first-order chi connectivity index (χ1) is 10.0. The minimum Gasteiger partial charge on any atom is -0.399 e. The van der Waals surface area contributed by atoms with Crippen molar-refractivity contribution in [2.24, 2.45) is 5.92 Å². The zero-order valence-electron chi connectivity index (χ0n) is 12.6. The van der Waals surface area contributed by atoms with E-state index in [2.05, 4.69) is 15.5 Å². The highest BCUT2D eigenvalue weighted by Gasteiger charge is 2.20. The van der Waals surface area contributed by atoms with Gasteiger partial charge in [-0.25, -0.2) is 0 Å². The molecule has 0 aliphatic carbocycles. The highest BCUT2D eigenvalue weighted by molar-refractivity contribution is 6.05. The molecule has 0 saturated heterocycles. The highest BCUT2D eigenvalue weighted by atomic mass is 16.5. The summed E-state index contributed by atoms with van der Waals surface area (Å²) >= 11 is 0. The summed E-state index contributed by atoms with van der Waals surface area (Å²) in [6, 6.07) is 5.29. The minimum absolute atomic E-state index is 0.0507. The normalized spacial score (nSPS) is 12.8. The Balaban J connectivity index is 2.19. The third-order valence-electron chi connectivity index (χ3n) is 3.42. The summed E-state index contributed by atoms with van der Waals surface area (Å²) in [5, 5.41) is 10.6. The number of rotatable bonds is 6. The maximum Gasteiger partial charge on any atom is 0.272 e. The van der Waals surface area contributed by atoms with Crippen LogP contribution in [0.3, 0.4) is 0 Å². The fourth-order valence-electron chi connectivity index (χ4n) is 2.09. The second-order valence-electron chi connectivity index (χ2n) is 5.36. The van der Waals surface area contributed by atoms with Gasteiger partial charge in [0, 0.05) is 17.7 Å². The van der Waals surface area contributed by atoms with Crippen LogP contribution in [0.1, 0.15) is 31.3 Å². The number of nitrogen functional groups attached to an aromatic ring is 1. The van der Waals surface area contributed by atoms with E-state index in [9.17, 15) is 4.79 Å². The molecule has 0 radical (unpaired) electrons. The number of carbonyl (C=O) groups is 1. The number of H-pyrrole nitrogens is 1. The van der Waals surface area contributed by atoms with Crippen LogP contribution in [0, 0.1) is 5.92 Å². The van der Waals surface area contributed by atoms with Crippen LogP contribution >= 0.6 is 0 Å². The second-order valence-corrected chi connectivity index (χ2v) is 5.36. The van der Waals surface area contributed by atoms with Gasteiger partial charge in [-0.2, -0.15) is 5.10 Å². The molecule has 1 aromatic heterocycles. The number of nitrogens with one attached hydrogen (secondary N) is 2. The molecule has 0 saturated carbocycles. The van der Waals surface area contributed by atoms with Crippen LogP contribution in [0.4, 0.5) is 5.69 Å². The molecule has 1 atom stereocenters. The Bertz CT molecular complexity index is 621. The number of nitrogens with zero attached hydrogens (tertiary/aromatic N) is 1. The van der Waals surface area contributed by atoms with Crippen LogP contribution in [-0.4, -0.2) is 35.4 Å². The van der Waals surface area contributed by atoms with Gasteiger partial charge in [-0.3, -0.25) is 9.89 Å². The molecular formula is C15H22N4O2. The average Bonchev–Trinajstić information content (AvgIpc) is 2.85. The number of hydrogen-bond acceptors (Lipinski definition) is 4. The van der Waals surface area contributed by atoms with Crippen molar-refractivity contribution in [2.75, 3.05) is 18.9 Å². The van der Waals surface area contributed by atoms with E-state index in [0.29, 0.717) is 24.6 Å². The summed E-state index contributed by atoms with van der Waals surface area (Å²) in [7, 11) is 0. The van der Waals surface area contributed by atoms with E-state index in [1.54, 1.807) is 12.1 Å². The van der Waals surface area contributed by atoms with Crippen LogP contribution < -0.4 is 11.1 Å². The van der Waals surface area contributed by atoms with Gasteiger partial charge in [0.25, 0.3) is 5.91 Å². The van der Waals surface area contributed by atoms with Gasteiger partial charge < -0.3 is 15.8 Å². The zero-order valence-corrected chi connectivity index (χ0v) is 12.6. The summed E-state index contributed by atoms with van der Waals surface area (Å²) < 4.78 is 5.42. The van der Waals surface area contributed by atoms with Crippen molar-refractivity contribution in [3.05, 3.63) is 23.9 Å². The first-order valence-corrected chi connectivity index (χ1v) is 7.15. The third-order valence-corrected chi connectivity index (χ3v) is 3.42. The molecule has 2 aromatic rings. The fraction of sp³-hybridized carbons (Fsp3) is 0.467. The highest BCUT2D eigenvalue weighted by Crippen LogP contribution is 2.19. The molecule has 0 bridgehead atoms. The lowest BCUT2D eigenvalue weighted by atomic mass is 10.0. The molecule has 1 aromatic carbocycles. The molecule has 0 spiro atoms.